The molecular weight excluding hydrogens is 202 g/mol. The third-order valence-corrected chi connectivity index (χ3v) is 4.82. The second-order valence-corrected chi connectivity index (χ2v) is 5.75. The van der Waals surface area contributed by atoms with Crippen molar-refractivity contribution in [3.05, 3.63) is 29.3 Å². The van der Waals surface area contributed by atoms with Gasteiger partial charge in [-0.05, 0) is 43.9 Å². The second-order valence-electron chi connectivity index (χ2n) is 4.69. The molecule has 1 fully saturated rings. The monoisotopic (exact) mass is 219 g/mol. The Kier molecular flexibility index (Phi) is 2.49. The van der Waals surface area contributed by atoms with E-state index in [1.54, 1.807) is 5.56 Å². The quantitative estimate of drug-likeness (QED) is 0.719. The van der Waals surface area contributed by atoms with Crippen LogP contribution in [-0.2, 0) is 0 Å². The first-order chi connectivity index (χ1) is 7.34. The third kappa shape index (κ3) is 1.70. The van der Waals surface area contributed by atoms with E-state index >= 15 is 0 Å². The summed E-state index contributed by atoms with van der Waals surface area (Å²) in [5, 5.41) is 3.69. The minimum Gasteiger partial charge on any atom is -0.310 e. The van der Waals surface area contributed by atoms with Gasteiger partial charge in [0.15, 0.2) is 0 Å². The molecule has 0 aliphatic carbocycles. The van der Waals surface area contributed by atoms with Crippen LogP contribution in [0.1, 0.15) is 30.0 Å². The Bertz CT molecular complexity index is 375. The second kappa shape index (κ2) is 3.84. The average Bonchev–Trinajstić information content (AvgIpc) is 2.29. The van der Waals surface area contributed by atoms with Crippen molar-refractivity contribution < 1.29 is 0 Å². The van der Waals surface area contributed by atoms with Crippen LogP contribution in [0.3, 0.4) is 0 Å². The lowest BCUT2D eigenvalue weighted by Crippen LogP contribution is -2.37. The maximum Gasteiger partial charge on any atom is 0.0367 e. The summed E-state index contributed by atoms with van der Waals surface area (Å²) < 4.78 is 0. The SMILES string of the molecule is Cc1ccc2c(c1)C1NCCCC1CS2. The molecule has 0 bridgehead atoms. The average molecular weight is 219 g/mol. The Morgan fingerprint density at radius 1 is 1.40 bits per heavy atom. The van der Waals surface area contributed by atoms with Gasteiger partial charge in [0.25, 0.3) is 0 Å². The maximum atomic E-state index is 3.69. The van der Waals surface area contributed by atoms with E-state index in [0.717, 1.165) is 5.92 Å². The molecule has 1 N–H and O–H groups in total. The number of fused-ring (bicyclic) bond motifs is 3. The number of piperidine rings is 1. The molecule has 2 aliphatic rings. The van der Waals surface area contributed by atoms with E-state index < -0.39 is 0 Å². The highest BCUT2D eigenvalue weighted by Crippen LogP contribution is 2.43. The van der Waals surface area contributed by atoms with Crippen molar-refractivity contribution in [2.24, 2.45) is 5.92 Å². The van der Waals surface area contributed by atoms with Gasteiger partial charge in [-0.2, -0.15) is 0 Å². The zero-order valence-corrected chi connectivity index (χ0v) is 9.94. The van der Waals surface area contributed by atoms with Crippen molar-refractivity contribution in [1.82, 2.24) is 5.32 Å². The number of hydrogen-bond donors (Lipinski definition) is 1. The van der Waals surface area contributed by atoms with Gasteiger partial charge < -0.3 is 5.32 Å². The molecular formula is C13H17NS. The molecule has 2 unspecified atom stereocenters. The molecule has 2 aliphatic heterocycles. The lowest BCUT2D eigenvalue weighted by Gasteiger charge is -2.37. The third-order valence-electron chi connectivity index (χ3n) is 3.54. The molecule has 0 saturated carbocycles. The number of hydrogen-bond acceptors (Lipinski definition) is 2. The predicted octanol–water partition coefficient (Wildman–Crippen LogP) is 3.14. The molecule has 1 aromatic rings. The largest absolute Gasteiger partial charge is 0.310 e. The Hall–Kier alpha value is -0.470. The Morgan fingerprint density at radius 3 is 3.27 bits per heavy atom. The number of benzene rings is 1. The lowest BCUT2D eigenvalue weighted by molar-refractivity contribution is 0.303. The molecule has 0 amide bonds. The minimum atomic E-state index is 0.634. The number of thioether (sulfide) groups is 1. The standard InChI is InChI=1S/C13H17NS/c1-9-4-5-12-11(7-9)13-10(8-15-12)3-2-6-14-13/h4-5,7,10,13-14H,2-3,6,8H2,1H3. The molecule has 80 valence electrons. The van der Waals surface area contributed by atoms with Gasteiger partial charge in [-0.25, -0.2) is 0 Å². The Labute approximate surface area is 95.6 Å². The van der Waals surface area contributed by atoms with Crippen molar-refractivity contribution in [1.29, 1.82) is 0 Å². The molecule has 2 atom stereocenters. The predicted molar refractivity (Wildman–Crippen MR) is 65.4 cm³/mol. The summed E-state index contributed by atoms with van der Waals surface area (Å²) in [6.45, 7) is 3.39. The van der Waals surface area contributed by atoms with Crippen LogP contribution in [0.15, 0.2) is 23.1 Å². The van der Waals surface area contributed by atoms with Crippen molar-refractivity contribution >= 4 is 11.8 Å². The summed E-state index contributed by atoms with van der Waals surface area (Å²) >= 11 is 2.04. The van der Waals surface area contributed by atoms with Gasteiger partial charge >= 0.3 is 0 Å². The van der Waals surface area contributed by atoms with E-state index in [-0.39, 0.29) is 0 Å². The van der Waals surface area contributed by atoms with Crippen LogP contribution in [0.5, 0.6) is 0 Å². The van der Waals surface area contributed by atoms with E-state index in [1.165, 1.54) is 35.6 Å². The van der Waals surface area contributed by atoms with Crippen molar-refractivity contribution in [2.75, 3.05) is 12.3 Å². The molecule has 1 nitrogen and oxygen atoms in total. The zero-order chi connectivity index (χ0) is 10.3. The number of nitrogens with one attached hydrogen (secondary N) is 1. The fourth-order valence-electron chi connectivity index (χ4n) is 2.74. The van der Waals surface area contributed by atoms with Crippen LogP contribution >= 0.6 is 11.8 Å². The molecule has 1 aromatic carbocycles. The summed E-state index contributed by atoms with van der Waals surface area (Å²) in [7, 11) is 0. The number of aryl methyl sites for hydroxylation is 1. The molecule has 1 saturated heterocycles. The molecule has 2 heterocycles. The van der Waals surface area contributed by atoms with Gasteiger partial charge in [0.05, 0.1) is 0 Å². The van der Waals surface area contributed by atoms with E-state index in [4.69, 9.17) is 0 Å². The van der Waals surface area contributed by atoms with Gasteiger partial charge in [0.2, 0.25) is 0 Å². The highest BCUT2D eigenvalue weighted by atomic mass is 32.2. The first-order valence-electron chi connectivity index (χ1n) is 5.81. The minimum absolute atomic E-state index is 0.634. The van der Waals surface area contributed by atoms with Crippen LogP contribution in [0, 0.1) is 12.8 Å². The first kappa shape index (κ1) is 9.73. The maximum absolute atomic E-state index is 3.69. The van der Waals surface area contributed by atoms with E-state index in [2.05, 4.69) is 30.4 Å². The van der Waals surface area contributed by atoms with Gasteiger partial charge in [-0.3, -0.25) is 0 Å². The van der Waals surface area contributed by atoms with Crippen molar-refractivity contribution in [2.45, 2.75) is 30.7 Å². The summed E-state index contributed by atoms with van der Waals surface area (Å²) in [5.41, 5.74) is 2.94. The van der Waals surface area contributed by atoms with E-state index in [9.17, 15) is 0 Å². The smallest absolute Gasteiger partial charge is 0.0367 e. The summed E-state index contributed by atoms with van der Waals surface area (Å²) in [6, 6.07) is 7.53. The van der Waals surface area contributed by atoms with Gasteiger partial charge in [-0.1, -0.05) is 17.7 Å². The van der Waals surface area contributed by atoms with Crippen LogP contribution in [0.4, 0.5) is 0 Å². The van der Waals surface area contributed by atoms with Crippen LogP contribution in [0.25, 0.3) is 0 Å². The molecule has 3 rings (SSSR count). The summed E-state index contributed by atoms with van der Waals surface area (Å²) in [4.78, 5) is 1.50. The van der Waals surface area contributed by atoms with Gasteiger partial charge in [0, 0.05) is 16.7 Å². The highest BCUT2D eigenvalue weighted by Gasteiger charge is 2.31. The fraction of sp³-hybridized carbons (Fsp3) is 0.538. The topological polar surface area (TPSA) is 12.0 Å². The van der Waals surface area contributed by atoms with E-state index in [0.29, 0.717) is 6.04 Å². The summed E-state index contributed by atoms with van der Waals surface area (Å²) in [5.74, 6) is 2.16. The van der Waals surface area contributed by atoms with Gasteiger partial charge in [-0.15, -0.1) is 11.8 Å². The van der Waals surface area contributed by atoms with E-state index in [1.807, 2.05) is 11.8 Å². The van der Waals surface area contributed by atoms with Crippen LogP contribution in [-0.4, -0.2) is 12.3 Å². The molecule has 0 radical (unpaired) electrons. The normalized spacial score (nSPS) is 29.4. The van der Waals surface area contributed by atoms with Gasteiger partial charge in [0.1, 0.15) is 0 Å². The first-order valence-corrected chi connectivity index (χ1v) is 6.80. The fourth-order valence-corrected chi connectivity index (χ4v) is 4.01. The molecule has 2 heteroatoms. The Morgan fingerprint density at radius 2 is 2.33 bits per heavy atom. The highest BCUT2D eigenvalue weighted by molar-refractivity contribution is 7.99. The lowest BCUT2D eigenvalue weighted by atomic mass is 9.86. The van der Waals surface area contributed by atoms with Crippen LogP contribution < -0.4 is 5.32 Å². The summed E-state index contributed by atoms with van der Waals surface area (Å²) in [6.07, 6.45) is 2.75. The van der Waals surface area contributed by atoms with Crippen molar-refractivity contribution in [3.8, 4) is 0 Å². The van der Waals surface area contributed by atoms with Crippen LogP contribution in [0.2, 0.25) is 0 Å². The number of rotatable bonds is 0. The molecule has 0 aromatic heterocycles. The van der Waals surface area contributed by atoms with Crippen molar-refractivity contribution in [3.63, 3.8) is 0 Å². The molecule has 15 heavy (non-hydrogen) atoms. The zero-order valence-electron chi connectivity index (χ0n) is 9.12. The molecule has 0 spiro atoms. The Balaban J connectivity index is 2.01.